The molecule has 0 aromatic heterocycles. The number of amides is 1. The Morgan fingerprint density at radius 2 is 2.18 bits per heavy atom. The molecule has 1 aromatic rings. The first kappa shape index (κ1) is 13.1. The van der Waals surface area contributed by atoms with Gasteiger partial charge in [0, 0.05) is 15.5 Å². The van der Waals surface area contributed by atoms with Crippen LogP contribution in [0, 0.1) is 0 Å². The third kappa shape index (κ3) is 2.72. The molecule has 1 saturated heterocycles. The normalized spacial score (nSPS) is 20.8. The summed E-state index contributed by atoms with van der Waals surface area (Å²) in [5.74, 6) is 0.151. The van der Waals surface area contributed by atoms with Crippen LogP contribution in [0.2, 0.25) is 0 Å². The average molecular weight is 362 g/mol. The highest BCUT2D eigenvalue weighted by atomic mass is 79.9. The van der Waals surface area contributed by atoms with E-state index in [1.165, 1.54) is 0 Å². The van der Waals surface area contributed by atoms with Gasteiger partial charge in [0.1, 0.15) is 0 Å². The Kier molecular flexibility index (Phi) is 4.22. The number of benzene rings is 1. The number of piperidine rings is 1. The zero-order valence-corrected chi connectivity index (χ0v) is 12.7. The Morgan fingerprint density at radius 3 is 2.88 bits per heavy atom. The molecule has 0 radical (unpaired) electrons. The molecule has 1 heterocycles. The van der Waals surface area contributed by atoms with Gasteiger partial charge in [-0.2, -0.15) is 0 Å². The van der Waals surface area contributed by atoms with Crippen LogP contribution in [0.25, 0.3) is 0 Å². The molecule has 2 rings (SSSR count). The van der Waals surface area contributed by atoms with Crippen LogP contribution in [-0.4, -0.2) is 25.5 Å². The largest absolute Gasteiger partial charge is 0.310 e. The fourth-order valence-electron chi connectivity index (χ4n) is 2.07. The molecule has 1 aliphatic heterocycles. The van der Waals surface area contributed by atoms with Gasteiger partial charge in [0.2, 0.25) is 5.91 Å². The van der Waals surface area contributed by atoms with Gasteiger partial charge in [-0.05, 0) is 54.0 Å². The van der Waals surface area contributed by atoms with Gasteiger partial charge in [-0.15, -0.1) is 0 Å². The van der Waals surface area contributed by atoms with Crippen molar-refractivity contribution >= 4 is 43.5 Å². The SMILES string of the molecule is CNC1CCCN(c2cc(Br)ccc2Br)C1=O. The van der Waals surface area contributed by atoms with Crippen LogP contribution in [0.1, 0.15) is 12.8 Å². The molecule has 17 heavy (non-hydrogen) atoms. The number of hydrogen-bond acceptors (Lipinski definition) is 2. The molecule has 1 aliphatic rings. The van der Waals surface area contributed by atoms with Crippen LogP contribution in [-0.2, 0) is 4.79 Å². The van der Waals surface area contributed by atoms with Crippen molar-refractivity contribution in [1.29, 1.82) is 0 Å². The van der Waals surface area contributed by atoms with E-state index in [1.54, 1.807) is 0 Å². The summed E-state index contributed by atoms with van der Waals surface area (Å²) in [6, 6.07) is 5.82. The van der Waals surface area contributed by atoms with Crippen molar-refractivity contribution < 1.29 is 4.79 Å². The summed E-state index contributed by atoms with van der Waals surface area (Å²) >= 11 is 6.94. The van der Waals surface area contributed by atoms with Gasteiger partial charge < -0.3 is 10.2 Å². The van der Waals surface area contributed by atoms with Gasteiger partial charge in [0.05, 0.1) is 11.7 Å². The van der Waals surface area contributed by atoms with E-state index in [9.17, 15) is 4.79 Å². The second-order valence-corrected chi connectivity index (χ2v) is 5.84. The molecule has 1 unspecified atom stereocenters. The third-order valence-electron chi connectivity index (χ3n) is 2.99. The second-order valence-electron chi connectivity index (χ2n) is 4.07. The predicted molar refractivity (Wildman–Crippen MR) is 76.3 cm³/mol. The van der Waals surface area contributed by atoms with Gasteiger partial charge in [0.15, 0.2) is 0 Å². The van der Waals surface area contributed by atoms with Gasteiger partial charge in [-0.25, -0.2) is 0 Å². The van der Waals surface area contributed by atoms with E-state index < -0.39 is 0 Å². The van der Waals surface area contributed by atoms with Gasteiger partial charge >= 0.3 is 0 Å². The molecule has 1 atom stereocenters. The number of halogens is 2. The van der Waals surface area contributed by atoms with Crippen molar-refractivity contribution in [1.82, 2.24) is 5.32 Å². The topological polar surface area (TPSA) is 32.3 Å². The minimum absolute atomic E-state index is 0.0605. The van der Waals surface area contributed by atoms with Crippen molar-refractivity contribution in [3.05, 3.63) is 27.1 Å². The molecule has 92 valence electrons. The van der Waals surface area contributed by atoms with Crippen LogP contribution < -0.4 is 10.2 Å². The van der Waals surface area contributed by atoms with Crippen LogP contribution in [0.15, 0.2) is 27.1 Å². The Balaban J connectivity index is 2.32. The lowest BCUT2D eigenvalue weighted by Crippen LogP contribution is -2.49. The fourth-order valence-corrected chi connectivity index (χ4v) is 2.88. The average Bonchev–Trinajstić information content (AvgIpc) is 2.33. The number of anilines is 1. The summed E-state index contributed by atoms with van der Waals surface area (Å²) in [5, 5.41) is 3.07. The van der Waals surface area contributed by atoms with Crippen molar-refractivity contribution in [2.45, 2.75) is 18.9 Å². The van der Waals surface area contributed by atoms with Gasteiger partial charge in [-0.1, -0.05) is 15.9 Å². The van der Waals surface area contributed by atoms with Gasteiger partial charge in [0.25, 0.3) is 0 Å². The molecule has 0 aliphatic carbocycles. The number of nitrogens with one attached hydrogen (secondary N) is 1. The Bertz CT molecular complexity index is 437. The lowest BCUT2D eigenvalue weighted by Gasteiger charge is -2.32. The second kappa shape index (κ2) is 5.50. The summed E-state index contributed by atoms with van der Waals surface area (Å²) in [5.41, 5.74) is 0.935. The van der Waals surface area contributed by atoms with Crippen LogP contribution in [0.4, 0.5) is 5.69 Å². The molecule has 1 aromatic carbocycles. The standard InChI is InChI=1S/C12H14Br2N2O/c1-15-10-3-2-6-16(12(10)17)11-7-8(13)4-5-9(11)14/h4-5,7,10,15H,2-3,6H2,1H3. The Morgan fingerprint density at radius 1 is 1.41 bits per heavy atom. The van der Waals surface area contributed by atoms with E-state index >= 15 is 0 Å². The highest BCUT2D eigenvalue weighted by Gasteiger charge is 2.29. The quantitative estimate of drug-likeness (QED) is 0.878. The number of carbonyl (C=O) groups excluding carboxylic acids is 1. The Hall–Kier alpha value is -0.390. The maximum atomic E-state index is 12.2. The van der Waals surface area contributed by atoms with Crippen molar-refractivity contribution in [2.24, 2.45) is 0 Å². The minimum Gasteiger partial charge on any atom is -0.310 e. The number of rotatable bonds is 2. The molecule has 5 heteroatoms. The maximum absolute atomic E-state index is 12.2. The first-order valence-corrected chi connectivity index (χ1v) is 7.16. The molecule has 1 fully saturated rings. The lowest BCUT2D eigenvalue weighted by atomic mass is 10.0. The zero-order valence-electron chi connectivity index (χ0n) is 9.54. The van der Waals surface area contributed by atoms with Crippen LogP contribution in [0.5, 0.6) is 0 Å². The summed E-state index contributed by atoms with van der Waals surface area (Å²) in [7, 11) is 1.84. The molecule has 0 saturated carbocycles. The number of nitrogens with zero attached hydrogens (tertiary/aromatic N) is 1. The van der Waals surface area contributed by atoms with Crippen molar-refractivity contribution in [3.8, 4) is 0 Å². The van der Waals surface area contributed by atoms with E-state index in [4.69, 9.17) is 0 Å². The molecule has 0 spiro atoms. The van der Waals surface area contributed by atoms with E-state index in [0.29, 0.717) is 0 Å². The lowest BCUT2D eigenvalue weighted by molar-refractivity contribution is -0.121. The monoisotopic (exact) mass is 360 g/mol. The number of carbonyl (C=O) groups is 1. The third-order valence-corrected chi connectivity index (χ3v) is 4.15. The molecular weight excluding hydrogens is 348 g/mol. The van der Waals surface area contributed by atoms with E-state index in [1.807, 2.05) is 30.1 Å². The molecule has 1 amide bonds. The minimum atomic E-state index is -0.0605. The molecule has 3 nitrogen and oxygen atoms in total. The number of likely N-dealkylation sites (N-methyl/N-ethyl adjacent to an activating group) is 1. The molecule has 1 N–H and O–H groups in total. The van der Waals surface area contributed by atoms with Crippen LogP contribution >= 0.6 is 31.9 Å². The summed E-state index contributed by atoms with van der Waals surface area (Å²) < 4.78 is 1.93. The Labute approximate surface area is 118 Å². The number of hydrogen-bond donors (Lipinski definition) is 1. The maximum Gasteiger partial charge on any atom is 0.244 e. The van der Waals surface area contributed by atoms with E-state index in [-0.39, 0.29) is 11.9 Å². The van der Waals surface area contributed by atoms with Crippen molar-refractivity contribution in [2.75, 3.05) is 18.5 Å². The molecular formula is C12H14Br2N2O. The van der Waals surface area contributed by atoms with Crippen molar-refractivity contribution in [3.63, 3.8) is 0 Å². The van der Waals surface area contributed by atoms with Gasteiger partial charge in [-0.3, -0.25) is 4.79 Å². The first-order valence-electron chi connectivity index (χ1n) is 5.57. The first-order chi connectivity index (χ1) is 8.13. The fraction of sp³-hybridized carbons (Fsp3) is 0.417. The highest BCUT2D eigenvalue weighted by molar-refractivity contribution is 9.11. The van der Waals surface area contributed by atoms with E-state index in [0.717, 1.165) is 34.0 Å². The van der Waals surface area contributed by atoms with Crippen LogP contribution in [0.3, 0.4) is 0 Å². The van der Waals surface area contributed by atoms with E-state index in [2.05, 4.69) is 37.2 Å². The molecule has 0 bridgehead atoms. The predicted octanol–water partition coefficient (Wildman–Crippen LogP) is 2.93. The smallest absolute Gasteiger partial charge is 0.244 e. The summed E-state index contributed by atoms with van der Waals surface area (Å²) in [4.78, 5) is 14.1. The summed E-state index contributed by atoms with van der Waals surface area (Å²) in [6.45, 7) is 0.784. The zero-order chi connectivity index (χ0) is 12.4. The summed E-state index contributed by atoms with van der Waals surface area (Å²) in [6.07, 6.45) is 1.94. The highest BCUT2D eigenvalue weighted by Crippen LogP contribution is 2.31.